The maximum atomic E-state index is 12.6. The van der Waals surface area contributed by atoms with Crippen LogP contribution in [0.1, 0.15) is 129 Å². The van der Waals surface area contributed by atoms with Gasteiger partial charge in [0.15, 0.2) is 34.4 Å². The molecule has 73 heavy (non-hydrogen) atoms. The third kappa shape index (κ3) is 32.0. The molecule has 0 aliphatic carbocycles. The fourth-order valence-corrected chi connectivity index (χ4v) is 5.05. The van der Waals surface area contributed by atoms with E-state index in [0.29, 0.717) is 6.42 Å². The Labute approximate surface area is 432 Å². The van der Waals surface area contributed by atoms with Gasteiger partial charge in [-0.25, -0.2) is 14.8 Å². The van der Waals surface area contributed by atoms with Crippen molar-refractivity contribution in [2.45, 2.75) is 127 Å². The lowest BCUT2D eigenvalue weighted by Crippen LogP contribution is -2.41. The van der Waals surface area contributed by atoms with E-state index in [1.807, 2.05) is 57.2 Å². The summed E-state index contributed by atoms with van der Waals surface area (Å²) in [6, 6.07) is 22.6. The Bertz CT molecular complexity index is 2170. The number of nitrogens with one attached hydrogen (secondary N) is 1. The zero-order valence-corrected chi connectivity index (χ0v) is 44.8. The van der Waals surface area contributed by atoms with Gasteiger partial charge in [0.05, 0.1) is 33.9 Å². The number of nitrogens with two attached hydrogens (primary N) is 1. The van der Waals surface area contributed by atoms with Crippen LogP contribution in [0.25, 0.3) is 0 Å². The normalized spacial score (nSPS) is 10.7. The predicted octanol–water partition coefficient (Wildman–Crippen LogP) is 8.72. The van der Waals surface area contributed by atoms with E-state index in [0.717, 1.165) is 19.3 Å². The number of nitrogens with zero attached hydrogens (tertiary/aromatic N) is 2. The molecule has 3 atom stereocenters. The van der Waals surface area contributed by atoms with Gasteiger partial charge in [-0.2, -0.15) is 0 Å². The molecule has 0 saturated carbocycles. The Kier molecular flexibility index (Phi) is 37.7. The van der Waals surface area contributed by atoms with Crippen molar-refractivity contribution in [2.75, 3.05) is 34.9 Å². The number of pyridine rings is 2. The first-order chi connectivity index (χ1) is 34.7. The van der Waals surface area contributed by atoms with Crippen molar-refractivity contribution in [1.29, 1.82) is 0 Å². The second-order valence-corrected chi connectivity index (χ2v) is 14.9. The molecule has 2 amide bonds. The van der Waals surface area contributed by atoms with Crippen molar-refractivity contribution in [3.05, 3.63) is 108 Å². The molecule has 0 radical (unpaired) electrons. The quantitative estimate of drug-likeness (QED) is 0.0476. The lowest BCUT2D eigenvalue weighted by molar-refractivity contribution is -0.153. The van der Waals surface area contributed by atoms with Gasteiger partial charge in [0.25, 0.3) is 11.8 Å². The Morgan fingerprint density at radius 1 is 0.644 bits per heavy atom. The SMILES string of the molecule is CC.CCC(=O)O[C@@H](C)CC(=O)OC.CCCC[C@H](C)OC(=O)[C@H](C)NC(=O)c1nccc(OC)c1OCOC(C)=O.COc1ccnc(C(N)=O)c1OCOC(C)=O.Cc1ccccc1.Cc1ccccc1.[HH].[HH]. The van der Waals surface area contributed by atoms with E-state index in [4.69, 9.17) is 38.9 Å². The Morgan fingerprint density at radius 3 is 1.47 bits per heavy atom. The average Bonchev–Trinajstić information content (AvgIpc) is 3.37. The van der Waals surface area contributed by atoms with Crippen LogP contribution >= 0.6 is 0 Å². The molecule has 20 heteroatoms. The number of hydrogen-bond donors (Lipinski definition) is 2. The minimum Gasteiger partial charge on any atom is -0.493 e. The van der Waals surface area contributed by atoms with Crippen LogP contribution in [0.15, 0.2) is 85.2 Å². The smallest absolute Gasteiger partial charge is 0.328 e. The largest absolute Gasteiger partial charge is 0.493 e. The predicted molar refractivity (Wildman–Crippen MR) is 277 cm³/mol. The van der Waals surface area contributed by atoms with E-state index < -0.39 is 48.7 Å². The monoisotopic (exact) mass is 1030 g/mol. The van der Waals surface area contributed by atoms with E-state index in [1.165, 1.54) is 77.8 Å². The molecule has 20 nitrogen and oxygen atoms in total. The number of rotatable bonds is 20. The Hall–Kier alpha value is -7.77. The molecule has 0 aliphatic heterocycles. The summed E-state index contributed by atoms with van der Waals surface area (Å²) in [6.45, 7) is 18.6. The van der Waals surface area contributed by atoms with Crippen molar-refractivity contribution in [2.24, 2.45) is 5.73 Å². The van der Waals surface area contributed by atoms with Crippen LogP contribution in [0.2, 0.25) is 0 Å². The first-order valence-electron chi connectivity index (χ1n) is 23.4. The first-order valence-corrected chi connectivity index (χ1v) is 23.4. The highest BCUT2D eigenvalue weighted by atomic mass is 16.7. The molecule has 2 heterocycles. The molecule has 0 fully saturated rings. The van der Waals surface area contributed by atoms with Crippen LogP contribution in [0.5, 0.6) is 23.0 Å². The number of methoxy groups -OCH3 is 3. The second-order valence-electron chi connectivity index (χ2n) is 14.9. The van der Waals surface area contributed by atoms with Gasteiger partial charge in [-0.3, -0.25) is 28.8 Å². The molecule has 408 valence electrons. The summed E-state index contributed by atoms with van der Waals surface area (Å²) in [5.41, 5.74) is 7.58. The summed E-state index contributed by atoms with van der Waals surface area (Å²) < 4.78 is 44.5. The summed E-state index contributed by atoms with van der Waals surface area (Å²) in [7, 11) is 4.10. The van der Waals surface area contributed by atoms with Crippen LogP contribution in [-0.2, 0) is 47.7 Å². The van der Waals surface area contributed by atoms with Crippen LogP contribution in [0.3, 0.4) is 0 Å². The number of esters is 5. The molecular weight excluding hydrogens is 949 g/mol. The number of aromatic nitrogens is 2. The van der Waals surface area contributed by atoms with Crippen molar-refractivity contribution in [3.63, 3.8) is 0 Å². The highest BCUT2D eigenvalue weighted by molar-refractivity contribution is 5.98. The van der Waals surface area contributed by atoms with Gasteiger partial charge >= 0.3 is 29.8 Å². The second kappa shape index (κ2) is 40.9. The number of benzene rings is 2. The minimum atomic E-state index is -0.883. The lowest BCUT2D eigenvalue weighted by atomic mass is 10.2. The molecular formula is C53H80N4O16. The van der Waals surface area contributed by atoms with Gasteiger partial charge in [-0.05, 0) is 41.0 Å². The summed E-state index contributed by atoms with van der Waals surface area (Å²) >= 11 is 0. The van der Waals surface area contributed by atoms with Gasteiger partial charge in [0.1, 0.15) is 12.1 Å². The van der Waals surface area contributed by atoms with Crippen LogP contribution in [0.4, 0.5) is 0 Å². The van der Waals surface area contributed by atoms with Gasteiger partial charge in [0.2, 0.25) is 13.6 Å². The van der Waals surface area contributed by atoms with Crippen LogP contribution in [-0.4, -0.2) is 105 Å². The van der Waals surface area contributed by atoms with Crippen molar-refractivity contribution in [3.8, 4) is 23.0 Å². The van der Waals surface area contributed by atoms with Gasteiger partial charge in [-0.15, -0.1) is 0 Å². The van der Waals surface area contributed by atoms with E-state index in [1.54, 1.807) is 13.8 Å². The fourth-order valence-electron chi connectivity index (χ4n) is 5.05. The molecule has 0 aliphatic rings. The minimum absolute atomic E-state index is 0. The van der Waals surface area contributed by atoms with Crippen molar-refractivity contribution < 1.29 is 79.0 Å². The van der Waals surface area contributed by atoms with Gasteiger partial charge in [0, 0.05) is 47.6 Å². The topological polar surface area (TPSA) is 266 Å². The number of aryl methyl sites for hydroxylation is 2. The molecule has 0 spiro atoms. The number of amides is 2. The average molecular weight is 1030 g/mol. The maximum absolute atomic E-state index is 12.6. The number of ether oxygens (including phenoxy) is 9. The molecule has 2 aromatic carbocycles. The molecule has 0 unspecified atom stereocenters. The summed E-state index contributed by atoms with van der Waals surface area (Å²) in [5.74, 6) is -3.11. The lowest BCUT2D eigenvalue weighted by Gasteiger charge is -2.18. The van der Waals surface area contributed by atoms with Gasteiger partial charge in [-0.1, -0.05) is 112 Å². The molecule has 4 aromatic rings. The summed E-state index contributed by atoms with van der Waals surface area (Å²) in [6.07, 6.45) is 5.24. The molecule has 0 saturated heterocycles. The van der Waals surface area contributed by atoms with E-state index in [2.05, 4.69) is 69.8 Å². The fraction of sp³-hybridized carbons (Fsp3) is 0.453. The number of primary amides is 1. The summed E-state index contributed by atoms with van der Waals surface area (Å²) in [5, 5.41) is 2.53. The molecule has 4 rings (SSSR count). The van der Waals surface area contributed by atoms with E-state index >= 15 is 0 Å². The van der Waals surface area contributed by atoms with Crippen LogP contribution in [0, 0.1) is 13.8 Å². The number of unbranched alkanes of at least 4 members (excludes halogenated alkanes) is 1. The third-order valence-electron chi connectivity index (χ3n) is 8.72. The number of carbonyl (C=O) groups excluding carboxylic acids is 7. The molecule has 0 bridgehead atoms. The first kappa shape index (κ1) is 67.3. The van der Waals surface area contributed by atoms with Crippen molar-refractivity contribution in [1.82, 2.24) is 15.3 Å². The number of carbonyl (C=O) groups is 7. The maximum Gasteiger partial charge on any atom is 0.328 e. The van der Waals surface area contributed by atoms with Crippen molar-refractivity contribution >= 4 is 41.7 Å². The van der Waals surface area contributed by atoms with E-state index in [9.17, 15) is 33.6 Å². The zero-order chi connectivity index (χ0) is 55.7. The highest BCUT2D eigenvalue weighted by Gasteiger charge is 2.25. The molecule has 2 aromatic heterocycles. The Morgan fingerprint density at radius 2 is 1.10 bits per heavy atom. The Balaban J connectivity index is -0.000000455. The summed E-state index contributed by atoms with van der Waals surface area (Å²) in [4.78, 5) is 86.5. The standard InChI is InChI=1S/C19H28N2O7.C10H12N2O5.C8H14O4.2C7H8.C2H6.2H2/c1-6-7-8-12(2)28-19(24)13(3)21-18(23)16-17(27-11-26-14(4)22)15(25-5)9-10-20-16;1-6(13)16-5-17-9-7(15-2)3-4-12-8(9)10(11)14;1-4-7(9)12-6(2)5-8(10)11-3;2*1-7-5-3-2-4-6-7;1-2;;/h9-10,12-13H,6-8,11H2,1-5H3,(H,21,23);3-4H,5H2,1-2H3,(H2,11,14);6H,4-5H2,1-3H3;2*2-6H,1H3;1-2H3;2*1H/t12-,13-;;6-;;;;;/m0.0...../s1. The molecule has 3 N–H and O–H groups in total. The zero-order valence-electron chi connectivity index (χ0n) is 44.8. The third-order valence-corrected chi connectivity index (χ3v) is 8.72. The number of hydrogen-bond acceptors (Lipinski definition) is 18. The van der Waals surface area contributed by atoms with Gasteiger partial charge < -0.3 is 53.7 Å². The van der Waals surface area contributed by atoms with Crippen LogP contribution < -0.4 is 30.0 Å². The highest BCUT2D eigenvalue weighted by Crippen LogP contribution is 2.30. The van der Waals surface area contributed by atoms with E-state index in [-0.39, 0.29) is 68.5 Å².